The average molecular weight is 291 g/mol. The first kappa shape index (κ1) is 13.2. The molecule has 0 aliphatic carbocycles. The van der Waals surface area contributed by atoms with E-state index in [-0.39, 0.29) is 5.75 Å². The molecule has 1 aromatic carbocycles. The second kappa shape index (κ2) is 4.95. The Balaban J connectivity index is 3.28. The second-order valence-corrected chi connectivity index (χ2v) is 5.69. The molecule has 0 unspecified atom stereocenters. The van der Waals surface area contributed by atoms with Gasteiger partial charge >= 0.3 is 7.47 Å². The van der Waals surface area contributed by atoms with Crippen LogP contribution in [0.15, 0.2) is 29.1 Å². The van der Waals surface area contributed by atoms with E-state index < -0.39 is 17.2 Å². The van der Waals surface area contributed by atoms with Crippen LogP contribution in [0.4, 0.5) is 8.63 Å². The molecule has 0 radical (unpaired) electrons. The molecule has 6 heteroatoms. The lowest BCUT2D eigenvalue weighted by atomic mass is 10.1. The predicted octanol–water partition coefficient (Wildman–Crippen LogP) is 2.98. The van der Waals surface area contributed by atoms with E-state index in [4.69, 9.17) is 0 Å². The number of alkyl halides is 1. The fourth-order valence-electron chi connectivity index (χ4n) is 1.14. The van der Waals surface area contributed by atoms with E-state index in [9.17, 15) is 13.4 Å². The van der Waals surface area contributed by atoms with E-state index in [1.165, 1.54) is 18.2 Å². The first-order chi connectivity index (χ1) is 7.30. The van der Waals surface area contributed by atoms with Crippen molar-refractivity contribution in [3.63, 3.8) is 0 Å². The Morgan fingerprint density at radius 2 is 2.00 bits per heavy atom. The van der Waals surface area contributed by atoms with Crippen molar-refractivity contribution >= 4 is 23.4 Å². The van der Waals surface area contributed by atoms with Gasteiger partial charge in [-0.1, -0.05) is 28.1 Å². The minimum atomic E-state index is -3.00. The van der Waals surface area contributed by atoms with Crippen LogP contribution in [0.1, 0.15) is 19.4 Å². The highest BCUT2D eigenvalue weighted by atomic mass is 79.9. The van der Waals surface area contributed by atoms with Gasteiger partial charge in [-0.05, 0) is 31.5 Å². The summed E-state index contributed by atoms with van der Waals surface area (Å²) in [5.41, 5.74) is 0.119. The molecule has 86 valence electrons. The second-order valence-electron chi connectivity index (χ2n) is 3.70. The van der Waals surface area contributed by atoms with Crippen LogP contribution in [0.5, 0.6) is 5.75 Å². The van der Waals surface area contributed by atoms with Gasteiger partial charge in [-0.3, -0.25) is 4.79 Å². The van der Waals surface area contributed by atoms with Crippen molar-refractivity contribution < 1.29 is 13.3 Å². The number of hydrogen-bond donors (Lipinski definition) is 0. The maximum atomic E-state index is 12.1. The maximum absolute atomic E-state index is 12.1. The molecule has 0 spiro atoms. The van der Waals surface area contributed by atoms with Gasteiger partial charge in [-0.15, -0.1) is 0 Å². The van der Waals surface area contributed by atoms with E-state index in [2.05, 4.69) is 20.6 Å². The van der Waals surface area contributed by atoms with E-state index >= 15 is 0 Å². The van der Waals surface area contributed by atoms with Gasteiger partial charge in [-0.2, -0.15) is 0 Å². The minimum Gasteiger partial charge on any atom is -0.502 e. The van der Waals surface area contributed by atoms with Crippen molar-refractivity contribution in [2.24, 2.45) is 0 Å². The molecule has 0 amide bonds. The topological polar surface area (TPSA) is 26.3 Å². The van der Waals surface area contributed by atoms with E-state index in [1.54, 1.807) is 6.07 Å². The van der Waals surface area contributed by atoms with Crippen molar-refractivity contribution in [1.82, 2.24) is 0 Å². The smallest absolute Gasteiger partial charge is 0.502 e. The lowest BCUT2D eigenvalue weighted by Gasteiger charge is -2.15. The zero-order valence-corrected chi connectivity index (χ0v) is 10.4. The zero-order chi connectivity index (χ0) is 12.3. The fourth-order valence-corrected chi connectivity index (χ4v) is 1.39. The molecule has 0 bridgehead atoms. The average Bonchev–Trinajstić information content (AvgIpc) is 2.27. The minimum absolute atomic E-state index is 0.345. The summed E-state index contributed by atoms with van der Waals surface area (Å²) in [6, 6.07) is 5.71. The predicted molar refractivity (Wildman–Crippen MR) is 63.3 cm³/mol. The fraction of sp³-hybridized carbons (Fsp3) is 0.300. The van der Waals surface area contributed by atoms with Crippen LogP contribution in [-0.2, 0) is 4.32 Å². The van der Waals surface area contributed by atoms with Crippen molar-refractivity contribution in [2.75, 3.05) is 0 Å². The molecular weight excluding hydrogens is 281 g/mol. The maximum Gasteiger partial charge on any atom is 0.796 e. The molecule has 0 saturated carbocycles. The SMILES string of the molecule is CC(C)(Br)c1cccc(=O)c(OB(F)F)c1. The van der Waals surface area contributed by atoms with E-state index in [1.807, 2.05) is 13.8 Å². The number of halogens is 3. The highest BCUT2D eigenvalue weighted by Gasteiger charge is 2.21. The van der Waals surface area contributed by atoms with E-state index in [0.717, 1.165) is 0 Å². The van der Waals surface area contributed by atoms with Crippen molar-refractivity contribution in [1.29, 1.82) is 0 Å². The molecular formula is C10H10BBrF2O2. The Bertz CT molecular complexity index is 432. The summed E-state index contributed by atoms with van der Waals surface area (Å²) >= 11 is 3.39. The third-order valence-corrected chi connectivity index (χ3v) is 2.41. The first-order valence-corrected chi connectivity index (χ1v) is 5.38. The van der Waals surface area contributed by atoms with Crippen LogP contribution in [-0.4, -0.2) is 7.47 Å². The van der Waals surface area contributed by atoms with Gasteiger partial charge in [0.25, 0.3) is 0 Å². The first-order valence-electron chi connectivity index (χ1n) is 4.59. The summed E-state index contributed by atoms with van der Waals surface area (Å²) in [5.74, 6) is -0.345. The molecule has 0 atom stereocenters. The van der Waals surface area contributed by atoms with Crippen LogP contribution < -0.4 is 10.1 Å². The van der Waals surface area contributed by atoms with Gasteiger partial charge in [0, 0.05) is 4.32 Å². The summed E-state index contributed by atoms with van der Waals surface area (Å²) in [6.07, 6.45) is 0. The quantitative estimate of drug-likeness (QED) is 0.632. The Kier molecular flexibility index (Phi) is 4.07. The normalized spacial score (nSPS) is 11.1. The standard InChI is InChI=1S/C10H10BBrF2O2/c1-10(2,12)7-4-3-5-8(15)9(6-7)16-11(13)14/h3-6H,1-2H3. The van der Waals surface area contributed by atoms with Crippen molar-refractivity contribution in [2.45, 2.75) is 18.2 Å². The van der Waals surface area contributed by atoms with Gasteiger partial charge in [0.2, 0.25) is 5.43 Å². The summed E-state index contributed by atoms with van der Waals surface area (Å²) in [5, 5.41) is 0. The van der Waals surface area contributed by atoms with Crippen LogP contribution in [0.2, 0.25) is 0 Å². The lowest BCUT2D eigenvalue weighted by Crippen LogP contribution is -2.14. The largest absolute Gasteiger partial charge is 0.796 e. The highest BCUT2D eigenvalue weighted by Crippen LogP contribution is 2.30. The van der Waals surface area contributed by atoms with Crippen LogP contribution >= 0.6 is 15.9 Å². The van der Waals surface area contributed by atoms with E-state index in [0.29, 0.717) is 5.56 Å². The summed E-state index contributed by atoms with van der Waals surface area (Å²) < 4.78 is 27.9. The molecule has 0 aliphatic rings. The Morgan fingerprint density at radius 3 is 2.50 bits per heavy atom. The van der Waals surface area contributed by atoms with Gasteiger partial charge in [0.15, 0.2) is 5.75 Å². The lowest BCUT2D eigenvalue weighted by molar-refractivity contribution is 0.423. The molecule has 0 aromatic heterocycles. The van der Waals surface area contributed by atoms with Gasteiger partial charge < -0.3 is 4.65 Å². The third-order valence-electron chi connectivity index (χ3n) is 1.96. The van der Waals surface area contributed by atoms with Crippen molar-refractivity contribution in [3.8, 4) is 5.75 Å². The molecule has 0 fully saturated rings. The number of rotatable bonds is 3. The monoisotopic (exact) mass is 290 g/mol. The van der Waals surface area contributed by atoms with Crippen LogP contribution in [0.25, 0.3) is 0 Å². The molecule has 2 nitrogen and oxygen atoms in total. The molecule has 0 saturated heterocycles. The van der Waals surface area contributed by atoms with Crippen molar-refractivity contribution in [3.05, 3.63) is 40.1 Å². The Hall–Kier alpha value is -0.905. The Morgan fingerprint density at radius 1 is 1.38 bits per heavy atom. The van der Waals surface area contributed by atoms with Crippen LogP contribution in [0.3, 0.4) is 0 Å². The Labute approximate surface area is 101 Å². The molecule has 1 aromatic rings. The van der Waals surface area contributed by atoms with Gasteiger partial charge in [0.1, 0.15) is 0 Å². The van der Waals surface area contributed by atoms with Crippen LogP contribution in [0, 0.1) is 0 Å². The molecule has 0 N–H and O–H groups in total. The zero-order valence-electron chi connectivity index (χ0n) is 8.84. The van der Waals surface area contributed by atoms with Gasteiger partial charge in [0.05, 0.1) is 0 Å². The summed E-state index contributed by atoms with van der Waals surface area (Å²) in [6.45, 7) is 3.69. The molecule has 16 heavy (non-hydrogen) atoms. The highest BCUT2D eigenvalue weighted by molar-refractivity contribution is 9.09. The van der Waals surface area contributed by atoms with Gasteiger partial charge in [-0.25, -0.2) is 8.63 Å². The summed E-state index contributed by atoms with van der Waals surface area (Å²) in [7, 11) is -3.00. The summed E-state index contributed by atoms with van der Waals surface area (Å²) in [4.78, 5) is 11.4. The third kappa shape index (κ3) is 3.59. The molecule has 0 aliphatic heterocycles. The number of hydrogen-bond acceptors (Lipinski definition) is 2. The molecule has 0 heterocycles. The molecule has 1 rings (SSSR count).